The van der Waals surface area contributed by atoms with Gasteiger partial charge in [-0.1, -0.05) is 6.07 Å². The van der Waals surface area contributed by atoms with E-state index in [9.17, 15) is 4.79 Å². The van der Waals surface area contributed by atoms with Gasteiger partial charge in [0.15, 0.2) is 11.5 Å². The maximum atomic E-state index is 11.6. The van der Waals surface area contributed by atoms with Crippen LogP contribution >= 0.6 is 0 Å². The Bertz CT molecular complexity index is 535. The number of benzene rings is 1. The third-order valence-corrected chi connectivity index (χ3v) is 3.05. The first-order valence-corrected chi connectivity index (χ1v) is 6.07. The minimum absolute atomic E-state index is 0.0667. The number of ether oxygens (including phenoxy) is 2. The summed E-state index contributed by atoms with van der Waals surface area (Å²) in [4.78, 5) is 16.0. The van der Waals surface area contributed by atoms with Crippen LogP contribution in [0.2, 0.25) is 0 Å². The van der Waals surface area contributed by atoms with Gasteiger partial charge in [-0.2, -0.15) is 0 Å². The summed E-state index contributed by atoms with van der Waals surface area (Å²) >= 11 is 0. The summed E-state index contributed by atoms with van der Waals surface area (Å²) in [5, 5.41) is 2.80. The maximum Gasteiger partial charge on any atom is 0.252 e. The van der Waals surface area contributed by atoms with Gasteiger partial charge in [0.05, 0.1) is 14.2 Å². The molecule has 2 rings (SSSR count). The molecule has 0 aliphatic carbocycles. The normalized spacial score (nSPS) is 16.8. The van der Waals surface area contributed by atoms with E-state index in [1.807, 2.05) is 18.2 Å². The molecule has 0 fully saturated rings. The van der Waals surface area contributed by atoms with Crippen LogP contribution in [0.15, 0.2) is 23.2 Å². The Labute approximate surface area is 112 Å². The molecule has 1 amide bonds. The van der Waals surface area contributed by atoms with E-state index in [1.54, 1.807) is 28.1 Å². The van der Waals surface area contributed by atoms with Crippen LogP contribution in [0.4, 0.5) is 0 Å². The summed E-state index contributed by atoms with van der Waals surface area (Å²) in [5.41, 5.74) is 0.334. The molecule has 0 aromatic heterocycles. The van der Waals surface area contributed by atoms with E-state index in [2.05, 4.69) is 10.3 Å². The van der Waals surface area contributed by atoms with Crippen LogP contribution in [0.1, 0.15) is 19.4 Å². The Hall–Kier alpha value is -2.04. The van der Waals surface area contributed by atoms with E-state index < -0.39 is 5.54 Å². The molecule has 19 heavy (non-hydrogen) atoms. The summed E-state index contributed by atoms with van der Waals surface area (Å²) in [6, 6.07) is 5.66. The van der Waals surface area contributed by atoms with Crippen molar-refractivity contribution in [1.29, 1.82) is 0 Å². The van der Waals surface area contributed by atoms with Gasteiger partial charge >= 0.3 is 0 Å². The number of aliphatic imine (C=N–C) groups is 1. The van der Waals surface area contributed by atoms with Gasteiger partial charge < -0.3 is 14.8 Å². The molecule has 0 bridgehead atoms. The fraction of sp³-hybridized carbons (Fsp3) is 0.429. The topological polar surface area (TPSA) is 59.9 Å². The molecule has 1 N–H and O–H groups in total. The highest BCUT2D eigenvalue weighted by Gasteiger charge is 2.33. The number of amidine groups is 1. The molecule has 0 spiro atoms. The first-order chi connectivity index (χ1) is 8.96. The summed E-state index contributed by atoms with van der Waals surface area (Å²) in [6.45, 7) is 3.59. The molecule has 1 aliphatic heterocycles. The van der Waals surface area contributed by atoms with E-state index in [-0.39, 0.29) is 5.91 Å². The molecule has 0 unspecified atom stereocenters. The van der Waals surface area contributed by atoms with Crippen LogP contribution in [0.25, 0.3) is 0 Å². The monoisotopic (exact) mass is 262 g/mol. The zero-order chi connectivity index (χ0) is 14.0. The summed E-state index contributed by atoms with van der Waals surface area (Å²) < 4.78 is 10.4. The van der Waals surface area contributed by atoms with E-state index >= 15 is 0 Å². The van der Waals surface area contributed by atoms with Gasteiger partial charge in [-0.05, 0) is 31.5 Å². The van der Waals surface area contributed by atoms with E-state index in [1.165, 1.54) is 0 Å². The van der Waals surface area contributed by atoms with Crippen molar-refractivity contribution in [3.8, 4) is 11.5 Å². The van der Waals surface area contributed by atoms with Crippen molar-refractivity contribution >= 4 is 11.7 Å². The third-order valence-electron chi connectivity index (χ3n) is 3.05. The number of methoxy groups -OCH3 is 2. The van der Waals surface area contributed by atoms with Crippen LogP contribution < -0.4 is 14.8 Å². The predicted molar refractivity (Wildman–Crippen MR) is 72.9 cm³/mol. The minimum Gasteiger partial charge on any atom is -0.493 e. The van der Waals surface area contributed by atoms with Crippen molar-refractivity contribution in [2.24, 2.45) is 4.99 Å². The minimum atomic E-state index is -0.675. The number of rotatable bonds is 4. The molecule has 0 saturated carbocycles. The predicted octanol–water partition coefficient (Wildman–Crippen LogP) is 1.55. The molecule has 0 saturated heterocycles. The van der Waals surface area contributed by atoms with Crippen LogP contribution in [-0.4, -0.2) is 31.5 Å². The lowest BCUT2D eigenvalue weighted by Crippen LogP contribution is -2.34. The number of nitrogens with one attached hydrogen (secondary N) is 1. The van der Waals surface area contributed by atoms with Crippen LogP contribution in [0.5, 0.6) is 11.5 Å². The van der Waals surface area contributed by atoms with Crippen molar-refractivity contribution in [2.45, 2.75) is 25.8 Å². The number of carbonyl (C=O) groups excluding carboxylic acids is 1. The van der Waals surface area contributed by atoms with Crippen LogP contribution in [0, 0.1) is 0 Å². The first-order valence-electron chi connectivity index (χ1n) is 6.07. The number of hydrogen-bond donors (Lipinski definition) is 1. The summed E-state index contributed by atoms with van der Waals surface area (Å²) in [6.07, 6.45) is 0.565. The Morgan fingerprint density at radius 3 is 2.42 bits per heavy atom. The van der Waals surface area contributed by atoms with Crippen molar-refractivity contribution in [2.75, 3.05) is 14.2 Å². The Morgan fingerprint density at radius 2 is 1.89 bits per heavy atom. The zero-order valence-corrected chi connectivity index (χ0v) is 11.6. The van der Waals surface area contributed by atoms with Crippen molar-refractivity contribution < 1.29 is 14.3 Å². The van der Waals surface area contributed by atoms with Gasteiger partial charge in [0, 0.05) is 6.42 Å². The van der Waals surface area contributed by atoms with Gasteiger partial charge in [-0.3, -0.25) is 9.79 Å². The second-order valence-corrected chi connectivity index (χ2v) is 4.94. The molecule has 1 aliphatic rings. The fourth-order valence-corrected chi connectivity index (χ4v) is 1.97. The number of amides is 1. The number of carbonyl (C=O) groups is 1. The third kappa shape index (κ3) is 2.70. The number of nitrogens with zero attached hydrogens (tertiary/aromatic N) is 1. The lowest BCUT2D eigenvalue weighted by atomic mass is 10.1. The van der Waals surface area contributed by atoms with Crippen molar-refractivity contribution in [1.82, 2.24) is 5.32 Å². The fourth-order valence-electron chi connectivity index (χ4n) is 1.97. The lowest BCUT2D eigenvalue weighted by molar-refractivity contribution is -0.122. The summed E-state index contributed by atoms with van der Waals surface area (Å²) in [5.74, 6) is 1.97. The molecule has 0 radical (unpaired) electrons. The summed E-state index contributed by atoms with van der Waals surface area (Å²) in [7, 11) is 3.20. The number of hydrogen-bond acceptors (Lipinski definition) is 4. The zero-order valence-electron chi connectivity index (χ0n) is 11.6. The molecule has 1 heterocycles. The lowest BCUT2D eigenvalue weighted by Gasteiger charge is -2.09. The van der Waals surface area contributed by atoms with Gasteiger partial charge in [0.25, 0.3) is 5.91 Å². The quantitative estimate of drug-likeness (QED) is 0.895. The molecule has 0 atom stereocenters. The molecule has 5 nitrogen and oxygen atoms in total. The molecular formula is C14H18N2O3. The average Bonchev–Trinajstić information content (AvgIpc) is 2.62. The van der Waals surface area contributed by atoms with Crippen molar-refractivity contribution in [3.05, 3.63) is 23.8 Å². The van der Waals surface area contributed by atoms with Crippen LogP contribution in [0.3, 0.4) is 0 Å². The average molecular weight is 262 g/mol. The molecule has 102 valence electrons. The van der Waals surface area contributed by atoms with Gasteiger partial charge in [-0.25, -0.2) is 0 Å². The Morgan fingerprint density at radius 1 is 1.21 bits per heavy atom. The van der Waals surface area contributed by atoms with E-state index in [4.69, 9.17) is 9.47 Å². The van der Waals surface area contributed by atoms with E-state index in [0.717, 1.165) is 5.56 Å². The molecular weight excluding hydrogens is 244 g/mol. The Kier molecular flexibility index (Phi) is 3.46. The van der Waals surface area contributed by atoms with Crippen molar-refractivity contribution in [3.63, 3.8) is 0 Å². The van der Waals surface area contributed by atoms with Gasteiger partial charge in [0.1, 0.15) is 11.4 Å². The van der Waals surface area contributed by atoms with E-state index in [0.29, 0.717) is 23.8 Å². The standard InChI is InChI=1S/C14H18N2O3/c1-14(2)13(17)15-12(16-14)8-9-5-6-10(18-3)11(7-9)19-4/h5-7H,8H2,1-4H3,(H,15,16,17). The Balaban J connectivity index is 2.19. The largest absolute Gasteiger partial charge is 0.493 e. The molecule has 1 aromatic carbocycles. The highest BCUT2D eigenvalue weighted by atomic mass is 16.5. The highest BCUT2D eigenvalue weighted by Crippen LogP contribution is 2.28. The van der Waals surface area contributed by atoms with Gasteiger partial charge in [0.2, 0.25) is 0 Å². The highest BCUT2D eigenvalue weighted by molar-refractivity contribution is 6.08. The second-order valence-electron chi connectivity index (χ2n) is 4.94. The molecule has 1 aromatic rings. The maximum absolute atomic E-state index is 11.6. The SMILES string of the molecule is COc1ccc(CC2=NC(C)(C)C(=O)N2)cc1OC. The smallest absolute Gasteiger partial charge is 0.252 e. The first kappa shape index (κ1) is 13.4. The molecule has 5 heteroatoms. The van der Waals surface area contributed by atoms with Crippen LogP contribution in [-0.2, 0) is 11.2 Å². The second kappa shape index (κ2) is 4.91. The van der Waals surface area contributed by atoms with Gasteiger partial charge in [-0.15, -0.1) is 0 Å².